The van der Waals surface area contributed by atoms with Crippen LogP contribution in [0, 0.1) is 11.8 Å². The standard InChI is InChI=1S/C14H21N3O3S/c1-10-7-11(2)9-17(8-10)14(18)16-12-3-5-13(6-4-12)21(15,19)20/h3-6,10-11H,7-9H2,1-2H3,(H,16,18)(H2,15,19,20)/t10-,11-/m1/s1. The third-order valence-electron chi connectivity index (χ3n) is 3.59. The fourth-order valence-electron chi connectivity index (χ4n) is 2.76. The molecule has 7 heteroatoms. The third kappa shape index (κ3) is 4.18. The number of amides is 2. The predicted molar refractivity (Wildman–Crippen MR) is 81.4 cm³/mol. The van der Waals surface area contributed by atoms with Crippen molar-refractivity contribution in [1.82, 2.24) is 4.90 Å². The molecular weight excluding hydrogens is 290 g/mol. The van der Waals surface area contributed by atoms with E-state index in [1.54, 1.807) is 4.90 Å². The lowest BCUT2D eigenvalue weighted by Crippen LogP contribution is -2.44. The van der Waals surface area contributed by atoms with E-state index < -0.39 is 10.0 Å². The quantitative estimate of drug-likeness (QED) is 0.873. The van der Waals surface area contributed by atoms with Crippen molar-refractivity contribution in [3.8, 4) is 0 Å². The van der Waals surface area contributed by atoms with Crippen molar-refractivity contribution in [2.24, 2.45) is 17.0 Å². The van der Waals surface area contributed by atoms with Gasteiger partial charge in [0.25, 0.3) is 0 Å². The molecule has 1 aromatic carbocycles. The first-order chi connectivity index (χ1) is 9.75. The molecule has 21 heavy (non-hydrogen) atoms. The number of nitrogens with zero attached hydrogens (tertiary/aromatic N) is 1. The number of hydrogen-bond acceptors (Lipinski definition) is 3. The van der Waals surface area contributed by atoms with E-state index in [-0.39, 0.29) is 10.9 Å². The number of benzene rings is 1. The Labute approximate surface area is 125 Å². The van der Waals surface area contributed by atoms with E-state index in [0.29, 0.717) is 17.5 Å². The largest absolute Gasteiger partial charge is 0.324 e. The minimum Gasteiger partial charge on any atom is -0.324 e. The van der Waals surface area contributed by atoms with E-state index in [2.05, 4.69) is 19.2 Å². The van der Waals surface area contributed by atoms with Crippen molar-refractivity contribution in [1.29, 1.82) is 0 Å². The summed E-state index contributed by atoms with van der Waals surface area (Å²) in [4.78, 5) is 14.0. The first-order valence-corrected chi connectivity index (χ1v) is 8.49. The van der Waals surface area contributed by atoms with Crippen molar-refractivity contribution in [2.45, 2.75) is 25.2 Å². The lowest BCUT2D eigenvalue weighted by molar-refractivity contribution is 0.156. The number of rotatable bonds is 2. The van der Waals surface area contributed by atoms with Gasteiger partial charge in [0.05, 0.1) is 4.90 Å². The molecule has 2 atom stereocenters. The normalized spacial score (nSPS) is 22.9. The lowest BCUT2D eigenvalue weighted by atomic mass is 9.92. The molecular formula is C14H21N3O3S. The van der Waals surface area contributed by atoms with E-state index in [1.165, 1.54) is 24.3 Å². The Hall–Kier alpha value is -1.60. The van der Waals surface area contributed by atoms with Crippen LogP contribution in [-0.2, 0) is 10.0 Å². The zero-order valence-electron chi connectivity index (χ0n) is 12.2. The second-order valence-electron chi connectivity index (χ2n) is 5.85. The average molecular weight is 311 g/mol. The molecule has 1 heterocycles. The number of nitrogens with two attached hydrogens (primary N) is 1. The highest BCUT2D eigenvalue weighted by atomic mass is 32.2. The number of carbonyl (C=O) groups is 1. The number of primary sulfonamides is 1. The van der Waals surface area contributed by atoms with Crippen LogP contribution in [0.3, 0.4) is 0 Å². The SMILES string of the molecule is C[C@@H]1C[C@@H](C)CN(C(=O)Nc2ccc(S(N)(=O)=O)cc2)C1. The fourth-order valence-corrected chi connectivity index (χ4v) is 3.27. The molecule has 1 saturated heterocycles. The maximum absolute atomic E-state index is 12.2. The first kappa shape index (κ1) is 15.8. The zero-order valence-corrected chi connectivity index (χ0v) is 13.1. The molecule has 1 fully saturated rings. The predicted octanol–water partition coefficient (Wildman–Crippen LogP) is 1.84. The number of likely N-dealkylation sites (tertiary alicyclic amines) is 1. The fraction of sp³-hybridized carbons (Fsp3) is 0.500. The van der Waals surface area contributed by atoms with Crippen LogP contribution in [0.5, 0.6) is 0 Å². The number of urea groups is 1. The number of sulfonamides is 1. The van der Waals surface area contributed by atoms with Crippen molar-refractivity contribution < 1.29 is 13.2 Å². The minimum atomic E-state index is -3.71. The van der Waals surface area contributed by atoms with Gasteiger partial charge in [-0.3, -0.25) is 0 Å². The smallest absolute Gasteiger partial charge is 0.321 e. The van der Waals surface area contributed by atoms with Gasteiger partial charge in [0, 0.05) is 18.8 Å². The summed E-state index contributed by atoms with van der Waals surface area (Å²) in [6.07, 6.45) is 1.13. The number of carbonyl (C=O) groups excluding carboxylic acids is 1. The van der Waals surface area contributed by atoms with Crippen LogP contribution in [0.4, 0.5) is 10.5 Å². The maximum atomic E-state index is 12.2. The van der Waals surface area contributed by atoms with Gasteiger partial charge < -0.3 is 10.2 Å². The molecule has 0 radical (unpaired) electrons. The topological polar surface area (TPSA) is 92.5 Å². The molecule has 0 spiro atoms. The van der Waals surface area contributed by atoms with Gasteiger partial charge in [-0.2, -0.15) is 0 Å². The average Bonchev–Trinajstić information content (AvgIpc) is 2.37. The molecule has 6 nitrogen and oxygen atoms in total. The molecule has 0 bridgehead atoms. The summed E-state index contributed by atoms with van der Waals surface area (Å²) in [7, 11) is -3.71. The van der Waals surface area contributed by atoms with Crippen LogP contribution in [0.25, 0.3) is 0 Å². The highest BCUT2D eigenvalue weighted by Crippen LogP contribution is 2.22. The van der Waals surface area contributed by atoms with Gasteiger partial charge >= 0.3 is 6.03 Å². The van der Waals surface area contributed by atoms with Crippen LogP contribution < -0.4 is 10.5 Å². The second kappa shape index (κ2) is 6.03. The molecule has 0 aliphatic carbocycles. The van der Waals surface area contributed by atoms with Gasteiger partial charge in [0.15, 0.2) is 0 Å². The Morgan fingerprint density at radius 1 is 1.19 bits per heavy atom. The van der Waals surface area contributed by atoms with E-state index >= 15 is 0 Å². The van der Waals surface area contributed by atoms with E-state index in [9.17, 15) is 13.2 Å². The summed E-state index contributed by atoms with van der Waals surface area (Å²) >= 11 is 0. The van der Waals surface area contributed by atoms with Crippen LogP contribution in [0.2, 0.25) is 0 Å². The summed E-state index contributed by atoms with van der Waals surface area (Å²) in [5.74, 6) is 0.980. The Morgan fingerprint density at radius 3 is 2.19 bits per heavy atom. The highest BCUT2D eigenvalue weighted by molar-refractivity contribution is 7.89. The van der Waals surface area contributed by atoms with Crippen molar-refractivity contribution in [3.63, 3.8) is 0 Å². The van der Waals surface area contributed by atoms with Crippen molar-refractivity contribution >= 4 is 21.7 Å². The van der Waals surface area contributed by atoms with Crippen molar-refractivity contribution in [2.75, 3.05) is 18.4 Å². The third-order valence-corrected chi connectivity index (χ3v) is 4.52. The Morgan fingerprint density at radius 2 is 1.71 bits per heavy atom. The lowest BCUT2D eigenvalue weighted by Gasteiger charge is -2.34. The van der Waals surface area contributed by atoms with Crippen LogP contribution in [-0.4, -0.2) is 32.4 Å². The monoisotopic (exact) mass is 311 g/mol. The molecule has 0 aromatic heterocycles. The van der Waals surface area contributed by atoms with Gasteiger partial charge in [-0.1, -0.05) is 13.8 Å². The molecule has 1 aromatic rings. The number of hydrogen-bond donors (Lipinski definition) is 2. The van der Waals surface area contributed by atoms with Gasteiger partial charge in [0.1, 0.15) is 0 Å². The highest BCUT2D eigenvalue weighted by Gasteiger charge is 2.25. The molecule has 0 saturated carbocycles. The van der Waals surface area contributed by atoms with E-state index in [4.69, 9.17) is 5.14 Å². The molecule has 3 N–H and O–H groups in total. The van der Waals surface area contributed by atoms with Gasteiger partial charge in [-0.25, -0.2) is 18.4 Å². The van der Waals surface area contributed by atoms with Crippen molar-refractivity contribution in [3.05, 3.63) is 24.3 Å². The van der Waals surface area contributed by atoms with Crippen LogP contribution in [0.1, 0.15) is 20.3 Å². The Kier molecular flexibility index (Phi) is 4.53. The number of nitrogens with one attached hydrogen (secondary N) is 1. The molecule has 1 aliphatic rings. The Balaban J connectivity index is 2.03. The van der Waals surface area contributed by atoms with E-state index in [1.807, 2.05) is 0 Å². The summed E-state index contributed by atoms with van der Waals surface area (Å²) in [5, 5.41) is 7.81. The van der Waals surface area contributed by atoms with Crippen LogP contribution >= 0.6 is 0 Å². The summed E-state index contributed by atoms with van der Waals surface area (Å²) in [6, 6.07) is 5.68. The molecule has 1 aliphatic heterocycles. The minimum absolute atomic E-state index is 0.0284. The summed E-state index contributed by atoms with van der Waals surface area (Å²) in [5.41, 5.74) is 0.554. The molecule has 2 amide bonds. The first-order valence-electron chi connectivity index (χ1n) is 6.94. The summed E-state index contributed by atoms with van der Waals surface area (Å²) < 4.78 is 22.3. The number of piperidine rings is 1. The van der Waals surface area contributed by atoms with Gasteiger partial charge in [0.2, 0.25) is 10.0 Å². The van der Waals surface area contributed by atoms with Crippen LogP contribution in [0.15, 0.2) is 29.2 Å². The van der Waals surface area contributed by atoms with Gasteiger partial charge in [-0.15, -0.1) is 0 Å². The molecule has 2 rings (SSSR count). The molecule has 116 valence electrons. The number of anilines is 1. The zero-order chi connectivity index (χ0) is 15.6. The molecule has 0 unspecified atom stereocenters. The second-order valence-corrected chi connectivity index (χ2v) is 7.41. The maximum Gasteiger partial charge on any atom is 0.321 e. The van der Waals surface area contributed by atoms with Gasteiger partial charge in [-0.05, 0) is 42.5 Å². The van der Waals surface area contributed by atoms with E-state index in [0.717, 1.165) is 19.5 Å². The Bertz CT molecular complexity index is 603. The summed E-state index contributed by atoms with van der Waals surface area (Å²) in [6.45, 7) is 5.75.